The van der Waals surface area contributed by atoms with Crippen LogP contribution >= 0.6 is 11.6 Å². The maximum absolute atomic E-state index is 11.6. The van der Waals surface area contributed by atoms with Crippen LogP contribution in [0.3, 0.4) is 0 Å². The Labute approximate surface area is 186 Å². The number of hydrogen-bond donors (Lipinski definition) is 0. The van der Waals surface area contributed by atoms with Crippen LogP contribution in [0.1, 0.15) is 68.7 Å². The first-order valence-corrected chi connectivity index (χ1v) is 11.0. The third kappa shape index (κ3) is 9.58. The van der Waals surface area contributed by atoms with Crippen LogP contribution in [0.25, 0.3) is 0 Å². The van der Waals surface area contributed by atoms with Crippen molar-refractivity contribution in [2.45, 2.75) is 65.7 Å². The minimum Gasteiger partial charge on any atom is -0.466 e. The second-order valence-corrected chi connectivity index (χ2v) is 8.88. The lowest BCUT2D eigenvalue weighted by Crippen LogP contribution is -2.14. The number of ether oxygens (including phenoxy) is 1. The number of carbonyl (C=O) groups is 2. The van der Waals surface area contributed by atoms with Gasteiger partial charge in [-0.05, 0) is 37.3 Å². The van der Waals surface area contributed by atoms with Gasteiger partial charge in [0.05, 0.1) is 18.9 Å². The summed E-state index contributed by atoms with van der Waals surface area (Å²) in [5.74, 6) is -0.525. The molecule has 164 valence electrons. The van der Waals surface area contributed by atoms with Gasteiger partial charge in [0.1, 0.15) is 5.78 Å². The molecule has 0 amide bonds. The minimum absolute atomic E-state index is 0.0226. The molecule has 0 saturated carbocycles. The number of esters is 1. The summed E-state index contributed by atoms with van der Waals surface area (Å²) in [5, 5.41) is 0. The Kier molecular flexibility index (Phi) is 10.8. The Balaban J connectivity index is 0.000000346. The van der Waals surface area contributed by atoms with E-state index in [0.717, 1.165) is 11.1 Å². The van der Waals surface area contributed by atoms with Crippen LogP contribution in [-0.4, -0.2) is 24.2 Å². The third-order valence-electron chi connectivity index (χ3n) is 4.81. The zero-order valence-corrected chi connectivity index (χ0v) is 19.9. The Morgan fingerprint density at radius 3 is 1.83 bits per heavy atom. The van der Waals surface area contributed by atoms with Gasteiger partial charge in [0.2, 0.25) is 0 Å². The molecule has 0 aliphatic heterocycles. The van der Waals surface area contributed by atoms with Crippen molar-refractivity contribution in [2.24, 2.45) is 0 Å². The molecule has 0 fully saturated rings. The first-order chi connectivity index (χ1) is 14.1. The van der Waals surface area contributed by atoms with E-state index in [1.54, 1.807) is 6.92 Å². The summed E-state index contributed by atoms with van der Waals surface area (Å²) in [4.78, 5) is 23.1. The highest BCUT2D eigenvalue weighted by molar-refractivity contribution is 6.27. The number of Topliss-reactive ketones (excluding diaryl/α,β-unsaturated/α-hetero) is 1. The van der Waals surface area contributed by atoms with E-state index < -0.39 is 0 Å². The number of aryl methyl sites for hydroxylation is 2. The van der Waals surface area contributed by atoms with Gasteiger partial charge in [-0.25, -0.2) is 0 Å². The van der Waals surface area contributed by atoms with Gasteiger partial charge in [0, 0.05) is 12.3 Å². The quantitative estimate of drug-likeness (QED) is 0.370. The van der Waals surface area contributed by atoms with Gasteiger partial charge in [0.25, 0.3) is 0 Å². The molecule has 1 unspecified atom stereocenters. The Morgan fingerprint density at radius 2 is 1.40 bits per heavy atom. The van der Waals surface area contributed by atoms with E-state index in [9.17, 15) is 9.59 Å². The fraction of sp³-hybridized carbons (Fsp3) is 0.462. The average molecular weight is 431 g/mol. The van der Waals surface area contributed by atoms with Crippen LogP contribution in [0.4, 0.5) is 0 Å². The van der Waals surface area contributed by atoms with E-state index in [4.69, 9.17) is 16.3 Å². The molecule has 0 radical (unpaired) electrons. The van der Waals surface area contributed by atoms with Crippen molar-refractivity contribution in [2.75, 3.05) is 12.5 Å². The largest absolute Gasteiger partial charge is 0.466 e. The highest BCUT2D eigenvalue weighted by Crippen LogP contribution is 2.25. The molecule has 30 heavy (non-hydrogen) atoms. The summed E-state index contributed by atoms with van der Waals surface area (Å²) >= 11 is 5.54. The molecule has 0 spiro atoms. The Bertz CT molecular complexity index is 787. The predicted octanol–water partition coefficient (Wildman–Crippen LogP) is 6.52. The Morgan fingerprint density at radius 1 is 0.900 bits per heavy atom. The number of halogens is 1. The molecule has 3 nitrogen and oxygen atoms in total. The fourth-order valence-corrected chi connectivity index (χ4v) is 3.06. The van der Waals surface area contributed by atoms with Gasteiger partial charge >= 0.3 is 5.97 Å². The lowest BCUT2D eigenvalue weighted by Gasteiger charge is -2.18. The molecule has 2 rings (SSSR count). The first-order valence-electron chi connectivity index (χ1n) is 10.4. The molecule has 0 N–H and O–H groups in total. The van der Waals surface area contributed by atoms with Crippen molar-refractivity contribution >= 4 is 23.4 Å². The van der Waals surface area contributed by atoms with E-state index in [2.05, 4.69) is 52.0 Å². The topological polar surface area (TPSA) is 43.4 Å². The summed E-state index contributed by atoms with van der Waals surface area (Å²) < 4.78 is 4.95. The van der Waals surface area contributed by atoms with Crippen molar-refractivity contribution in [1.29, 1.82) is 0 Å². The fourth-order valence-electron chi connectivity index (χ4n) is 2.95. The van der Waals surface area contributed by atoms with Gasteiger partial charge in [-0.2, -0.15) is 0 Å². The molecule has 1 atom stereocenters. The van der Waals surface area contributed by atoms with Crippen LogP contribution in [0.5, 0.6) is 0 Å². The van der Waals surface area contributed by atoms with Gasteiger partial charge in [0.15, 0.2) is 0 Å². The number of carbonyl (C=O) groups excluding carboxylic acids is 2. The number of hydrogen-bond acceptors (Lipinski definition) is 3. The molecule has 0 bridgehead atoms. The van der Waals surface area contributed by atoms with Gasteiger partial charge in [-0.1, -0.05) is 80.4 Å². The molecule has 0 aliphatic rings. The summed E-state index contributed by atoms with van der Waals surface area (Å²) in [6.45, 7) is 12.9. The smallest absolute Gasteiger partial charge is 0.306 e. The van der Waals surface area contributed by atoms with E-state index in [-0.39, 0.29) is 41.8 Å². The van der Waals surface area contributed by atoms with Crippen LogP contribution in [0.2, 0.25) is 0 Å². The summed E-state index contributed by atoms with van der Waals surface area (Å²) in [7, 11) is 0. The number of rotatable bonds is 7. The number of benzene rings is 2. The SMILES string of the molecule is CCOC(=O)CC(CC(=O)CCl)c1ccc(C)cc1.Cc1ccc(C(C)(C)C)cc1. The molecule has 4 heteroatoms. The van der Waals surface area contributed by atoms with Gasteiger partial charge < -0.3 is 4.74 Å². The van der Waals surface area contributed by atoms with E-state index >= 15 is 0 Å². The summed E-state index contributed by atoms with van der Waals surface area (Å²) in [6, 6.07) is 16.6. The van der Waals surface area contributed by atoms with Gasteiger partial charge in [-0.15, -0.1) is 11.6 Å². The highest BCUT2D eigenvalue weighted by atomic mass is 35.5. The molecule has 2 aromatic carbocycles. The van der Waals surface area contributed by atoms with Gasteiger partial charge in [-0.3, -0.25) is 9.59 Å². The van der Waals surface area contributed by atoms with Crippen LogP contribution in [0.15, 0.2) is 48.5 Å². The predicted molar refractivity (Wildman–Crippen MR) is 125 cm³/mol. The lowest BCUT2D eigenvalue weighted by atomic mass is 9.87. The third-order valence-corrected chi connectivity index (χ3v) is 5.11. The molecule has 2 aromatic rings. The zero-order chi connectivity index (χ0) is 22.7. The standard InChI is InChI=1S/C15H19ClO3.C11H16/c1-3-19-15(18)9-13(8-14(17)10-16)12-6-4-11(2)5-7-12;1-9-5-7-10(8-6-9)11(2,3)4/h4-7,13H,3,8-10H2,1-2H3;5-8H,1-4H3. The highest BCUT2D eigenvalue weighted by Gasteiger charge is 2.20. The lowest BCUT2D eigenvalue weighted by molar-refractivity contribution is -0.143. The monoisotopic (exact) mass is 430 g/mol. The van der Waals surface area contributed by atoms with Crippen molar-refractivity contribution < 1.29 is 14.3 Å². The zero-order valence-electron chi connectivity index (χ0n) is 19.1. The van der Waals surface area contributed by atoms with E-state index in [1.165, 1.54) is 11.1 Å². The Hall–Kier alpha value is -2.13. The number of alkyl halides is 1. The second-order valence-electron chi connectivity index (χ2n) is 8.61. The summed E-state index contributed by atoms with van der Waals surface area (Å²) in [5.41, 5.74) is 5.13. The number of ketones is 1. The van der Waals surface area contributed by atoms with Crippen molar-refractivity contribution in [3.05, 3.63) is 70.8 Å². The minimum atomic E-state index is -0.282. The van der Waals surface area contributed by atoms with Crippen molar-refractivity contribution in [3.63, 3.8) is 0 Å². The molecule has 0 saturated heterocycles. The van der Waals surface area contributed by atoms with Crippen LogP contribution < -0.4 is 0 Å². The van der Waals surface area contributed by atoms with E-state index in [1.807, 2.05) is 31.2 Å². The molecule has 0 aliphatic carbocycles. The molecular formula is C26H35ClO3. The molecular weight excluding hydrogens is 396 g/mol. The van der Waals surface area contributed by atoms with Crippen LogP contribution in [-0.2, 0) is 19.7 Å². The maximum atomic E-state index is 11.6. The molecule has 0 heterocycles. The molecule has 0 aromatic heterocycles. The van der Waals surface area contributed by atoms with E-state index in [0.29, 0.717) is 6.61 Å². The van der Waals surface area contributed by atoms with Crippen LogP contribution in [0, 0.1) is 13.8 Å². The average Bonchev–Trinajstić information content (AvgIpc) is 2.68. The second kappa shape index (κ2) is 12.5. The van der Waals surface area contributed by atoms with Crippen molar-refractivity contribution in [1.82, 2.24) is 0 Å². The normalized spacial score (nSPS) is 11.8. The first kappa shape index (κ1) is 25.9. The van der Waals surface area contributed by atoms with Crippen molar-refractivity contribution in [3.8, 4) is 0 Å². The summed E-state index contributed by atoms with van der Waals surface area (Å²) in [6.07, 6.45) is 0.477. The maximum Gasteiger partial charge on any atom is 0.306 e.